The van der Waals surface area contributed by atoms with Crippen molar-refractivity contribution in [3.05, 3.63) is 77.0 Å². The van der Waals surface area contributed by atoms with E-state index < -0.39 is 11.7 Å². The largest absolute Gasteiger partial charge is 0.456 e. The summed E-state index contributed by atoms with van der Waals surface area (Å²) < 4.78 is 22.0. The fourth-order valence-corrected chi connectivity index (χ4v) is 3.80. The quantitative estimate of drug-likeness (QED) is 0.319. The molecule has 2 aromatic carbocycles. The number of carbonyl (C=O) groups is 2. The molecule has 2 heterocycles. The average Bonchev–Trinajstić information content (AvgIpc) is 3.39. The summed E-state index contributed by atoms with van der Waals surface area (Å²) in [4.78, 5) is 26.1. The molecule has 0 fully saturated rings. The lowest BCUT2D eigenvalue weighted by Gasteiger charge is -2.18. The van der Waals surface area contributed by atoms with E-state index in [0.29, 0.717) is 34.4 Å². The second-order valence-electron chi connectivity index (χ2n) is 9.63. The second kappa shape index (κ2) is 12.2. The Bertz CT molecular complexity index is 1550. The number of ether oxygens (including phenoxy) is 1. The average molecular weight is 531 g/mol. The summed E-state index contributed by atoms with van der Waals surface area (Å²) in [6.45, 7) is 9.95. The molecule has 0 bridgehead atoms. The maximum atomic E-state index is 14.2. The van der Waals surface area contributed by atoms with Gasteiger partial charge in [0.2, 0.25) is 6.41 Å². The number of aryl methyl sites for hydroxylation is 1. The van der Waals surface area contributed by atoms with Crippen molar-refractivity contribution < 1.29 is 18.7 Å². The molecule has 0 atom stereocenters. The van der Waals surface area contributed by atoms with Crippen LogP contribution in [0.15, 0.2) is 48.9 Å². The number of amides is 2. The van der Waals surface area contributed by atoms with Gasteiger partial charge in [-0.25, -0.2) is 4.39 Å². The Kier molecular flexibility index (Phi) is 8.99. The van der Waals surface area contributed by atoms with Crippen LogP contribution in [0.4, 0.5) is 10.1 Å². The van der Waals surface area contributed by atoms with Crippen LogP contribution in [0.25, 0.3) is 10.9 Å². The zero-order valence-corrected chi connectivity index (χ0v) is 22.8. The van der Waals surface area contributed by atoms with E-state index in [9.17, 15) is 19.2 Å². The maximum Gasteiger partial charge on any atom is 0.254 e. The predicted octanol–water partition coefficient (Wildman–Crippen LogP) is 5.47. The molecule has 9 nitrogen and oxygen atoms in total. The highest BCUT2D eigenvalue weighted by Crippen LogP contribution is 2.34. The summed E-state index contributed by atoms with van der Waals surface area (Å²) in [5.41, 5.74) is 3.24. The molecule has 2 N–H and O–H groups in total. The van der Waals surface area contributed by atoms with Crippen molar-refractivity contribution >= 4 is 28.9 Å². The molecule has 0 saturated heterocycles. The van der Waals surface area contributed by atoms with Gasteiger partial charge in [0, 0.05) is 36.5 Å². The Labute approximate surface area is 226 Å². The van der Waals surface area contributed by atoms with Gasteiger partial charge in [-0.2, -0.15) is 10.4 Å². The summed E-state index contributed by atoms with van der Waals surface area (Å²) >= 11 is 0. The van der Waals surface area contributed by atoms with Gasteiger partial charge in [0.05, 0.1) is 40.1 Å². The summed E-state index contributed by atoms with van der Waals surface area (Å²) in [7, 11) is 1.44. The minimum absolute atomic E-state index is 0.0389. The molecule has 2 amide bonds. The van der Waals surface area contributed by atoms with E-state index in [1.54, 1.807) is 23.1 Å². The first-order valence-corrected chi connectivity index (χ1v) is 12.3. The number of anilines is 1. The van der Waals surface area contributed by atoms with E-state index in [4.69, 9.17) is 4.74 Å². The van der Waals surface area contributed by atoms with Gasteiger partial charge in [0.1, 0.15) is 17.3 Å². The molecular weight excluding hydrogens is 499 g/mol. The first-order chi connectivity index (χ1) is 18.5. The van der Waals surface area contributed by atoms with Crippen LogP contribution >= 0.6 is 0 Å². The minimum atomic E-state index is -0.651. The number of hydrogen-bond donors (Lipinski definition) is 2. The number of carbonyl (C=O) groups excluding carboxylic acids is 2. The summed E-state index contributed by atoms with van der Waals surface area (Å²) in [6.07, 6.45) is 6.33. The van der Waals surface area contributed by atoms with E-state index in [0.717, 1.165) is 23.2 Å². The van der Waals surface area contributed by atoms with Crippen LogP contribution in [0.3, 0.4) is 0 Å². The highest BCUT2D eigenvalue weighted by Gasteiger charge is 2.17. The molecule has 4 rings (SSSR count). The van der Waals surface area contributed by atoms with Crippen LogP contribution in [0.5, 0.6) is 11.5 Å². The van der Waals surface area contributed by atoms with Crippen molar-refractivity contribution in [2.45, 2.75) is 46.6 Å². The molecule has 202 valence electrons. The number of benzene rings is 2. The number of rotatable bonds is 6. The molecule has 0 aliphatic heterocycles. The minimum Gasteiger partial charge on any atom is -0.456 e. The second-order valence-corrected chi connectivity index (χ2v) is 9.63. The number of pyridine rings is 1. The molecule has 2 aromatic heterocycles. The molecule has 39 heavy (non-hydrogen) atoms. The van der Waals surface area contributed by atoms with Crippen LogP contribution in [0.2, 0.25) is 0 Å². The molecular formula is C29H31FN6O3. The lowest BCUT2D eigenvalue weighted by atomic mass is 10.0. The summed E-state index contributed by atoms with van der Waals surface area (Å²) in [6, 6.07) is 10.2. The SMILES string of the molecule is CC(C)(C)n1cc(NC=O)cn1.CCc1ccc(Oc2ccnc3cc(F)c(C(=O)NC)cc23)c(C)c1C#N. The topological polar surface area (TPSA) is 122 Å². The third kappa shape index (κ3) is 6.57. The zero-order valence-electron chi connectivity index (χ0n) is 22.8. The van der Waals surface area contributed by atoms with Crippen LogP contribution in [0, 0.1) is 24.1 Å². The number of hydrogen-bond acceptors (Lipinski definition) is 6. The molecule has 0 saturated carbocycles. The highest BCUT2D eigenvalue weighted by atomic mass is 19.1. The van der Waals surface area contributed by atoms with E-state index in [1.165, 1.54) is 25.4 Å². The molecule has 0 aliphatic rings. The Morgan fingerprint density at radius 2 is 1.97 bits per heavy atom. The van der Waals surface area contributed by atoms with E-state index in [1.807, 2.05) is 46.8 Å². The molecule has 0 unspecified atom stereocenters. The highest BCUT2D eigenvalue weighted by molar-refractivity contribution is 5.99. The molecule has 10 heteroatoms. The number of nitrogens with one attached hydrogen (secondary N) is 2. The summed E-state index contributed by atoms with van der Waals surface area (Å²) in [5.74, 6) is -0.218. The van der Waals surface area contributed by atoms with E-state index in [-0.39, 0.29) is 11.1 Å². The Balaban J connectivity index is 0.000000293. The van der Waals surface area contributed by atoms with Gasteiger partial charge in [0.25, 0.3) is 5.91 Å². The van der Waals surface area contributed by atoms with Crippen LogP contribution < -0.4 is 15.4 Å². The third-order valence-corrected chi connectivity index (χ3v) is 5.97. The van der Waals surface area contributed by atoms with Crippen molar-refractivity contribution in [1.29, 1.82) is 5.26 Å². The molecule has 4 aromatic rings. The number of halogens is 1. The van der Waals surface area contributed by atoms with Crippen molar-refractivity contribution in [3.8, 4) is 17.6 Å². The van der Waals surface area contributed by atoms with Gasteiger partial charge in [-0.1, -0.05) is 13.0 Å². The van der Waals surface area contributed by atoms with E-state index >= 15 is 0 Å². The molecule has 0 aliphatic carbocycles. The Morgan fingerprint density at radius 1 is 1.23 bits per heavy atom. The van der Waals surface area contributed by atoms with Crippen molar-refractivity contribution in [1.82, 2.24) is 20.1 Å². The van der Waals surface area contributed by atoms with Crippen molar-refractivity contribution in [2.24, 2.45) is 0 Å². The number of aromatic nitrogens is 3. The molecule has 0 radical (unpaired) electrons. The number of nitriles is 1. The predicted molar refractivity (Wildman–Crippen MR) is 147 cm³/mol. The van der Waals surface area contributed by atoms with Gasteiger partial charge < -0.3 is 15.4 Å². The number of nitrogens with zero attached hydrogens (tertiary/aromatic N) is 4. The Morgan fingerprint density at radius 3 is 2.56 bits per heavy atom. The van der Waals surface area contributed by atoms with Crippen LogP contribution in [0.1, 0.15) is 54.7 Å². The van der Waals surface area contributed by atoms with Gasteiger partial charge >= 0.3 is 0 Å². The monoisotopic (exact) mass is 530 g/mol. The fraction of sp³-hybridized carbons (Fsp3) is 0.276. The van der Waals surface area contributed by atoms with Crippen molar-refractivity contribution in [3.63, 3.8) is 0 Å². The van der Waals surface area contributed by atoms with Gasteiger partial charge in [-0.05, 0) is 57.9 Å². The molecule has 0 spiro atoms. The van der Waals surface area contributed by atoms with Crippen LogP contribution in [-0.4, -0.2) is 34.1 Å². The third-order valence-electron chi connectivity index (χ3n) is 5.97. The van der Waals surface area contributed by atoms with Gasteiger partial charge in [0.15, 0.2) is 0 Å². The summed E-state index contributed by atoms with van der Waals surface area (Å²) in [5, 5.41) is 19.0. The van der Waals surface area contributed by atoms with Gasteiger partial charge in [-0.15, -0.1) is 0 Å². The first-order valence-electron chi connectivity index (χ1n) is 12.3. The van der Waals surface area contributed by atoms with Crippen LogP contribution in [-0.2, 0) is 16.8 Å². The van der Waals surface area contributed by atoms with E-state index in [2.05, 4.69) is 26.8 Å². The fourth-order valence-electron chi connectivity index (χ4n) is 3.80. The maximum absolute atomic E-state index is 14.2. The van der Waals surface area contributed by atoms with Gasteiger partial charge in [-0.3, -0.25) is 19.3 Å². The lowest BCUT2D eigenvalue weighted by molar-refractivity contribution is -0.105. The Hall–Kier alpha value is -4.78. The first kappa shape index (κ1) is 28.8. The standard InChI is InChI=1S/C21H18FN3O2.C8H13N3O/c1-4-13-5-6-19(12(2)16(13)11-23)27-20-7-8-25-18-10-17(22)14(9-15(18)20)21(26)24-3;1-8(2,3)11-5-7(4-10-11)9-6-12/h5-10H,4H2,1-3H3,(H,24,26);4-6H,1-3H3,(H,9,12). The lowest BCUT2D eigenvalue weighted by Crippen LogP contribution is -2.21. The van der Waals surface area contributed by atoms with Crippen molar-refractivity contribution in [2.75, 3.05) is 12.4 Å². The normalized spacial score (nSPS) is 10.7. The zero-order chi connectivity index (χ0) is 28.7. The number of fused-ring (bicyclic) bond motifs is 1. The smallest absolute Gasteiger partial charge is 0.254 e.